The summed E-state index contributed by atoms with van der Waals surface area (Å²) in [5, 5.41) is 17.1. The Bertz CT molecular complexity index is 1880. The molecular weight excluding hydrogens is 626 g/mol. The highest BCUT2D eigenvalue weighted by Gasteiger charge is 2.48. The lowest BCUT2D eigenvalue weighted by molar-refractivity contribution is -0.120. The van der Waals surface area contributed by atoms with Crippen LogP contribution in [0.2, 0.25) is 0 Å². The first-order valence-electron chi connectivity index (χ1n) is 16.4. The molecule has 4 aliphatic rings. The summed E-state index contributed by atoms with van der Waals surface area (Å²) in [5.41, 5.74) is 2.84. The summed E-state index contributed by atoms with van der Waals surface area (Å²) in [6.45, 7) is 9.51. The van der Waals surface area contributed by atoms with Gasteiger partial charge >= 0.3 is 6.09 Å². The number of carbonyl (C=O) groups is 2. The number of nitrogens with one attached hydrogen (secondary N) is 1. The number of nitrogens with zero attached hydrogens (tertiary/aromatic N) is 8. The van der Waals surface area contributed by atoms with E-state index in [0.29, 0.717) is 54.6 Å². The number of piperidine rings is 1. The van der Waals surface area contributed by atoms with Crippen LogP contribution < -0.4 is 19.7 Å². The van der Waals surface area contributed by atoms with Gasteiger partial charge in [-0.2, -0.15) is 10.4 Å². The van der Waals surface area contributed by atoms with Crippen LogP contribution in [-0.4, -0.2) is 106 Å². The van der Waals surface area contributed by atoms with Gasteiger partial charge in [0, 0.05) is 56.1 Å². The summed E-state index contributed by atoms with van der Waals surface area (Å²) < 4.78 is 18.6. The molecule has 0 aliphatic carbocycles. The molecule has 2 atom stereocenters. The zero-order valence-electron chi connectivity index (χ0n) is 28.0. The van der Waals surface area contributed by atoms with Gasteiger partial charge in [-0.3, -0.25) is 14.6 Å². The standard InChI is InChI=1S/C35H39N9O5/c1-35(2,3)49-34(46)44-26-11-27(44)20-41(19-26)9-10-48-28-12-29(32-23(13-36)15-39-43(32)21-28)22-5-7-30(37-14-22)42-17-24(18-42)33(45)40-25-6-8-31(47-4)38-16-25/h5-8,12,14-16,21,24,26-27H,9-11,17-20H2,1-4H3,(H,40,45). The van der Waals surface area contributed by atoms with Crippen LogP contribution in [-0.2, 0) is 9.53 Å². The van der Waals surface area contributed by atoms with E-state index in [2.05, 4.69) is 26.4 Å². The number of carbonyl (C=O) groups excluding carboxylic acids is 2. The fourth-order valence-corrected chi connectivity index (χ4v) is 6.65. The number of nitriles is 1. The first-order valence-corrected chi connectivity index (χ1v) is 16.4. The Kier molecular flexibility index (Phi) is 8.45. The average Bonchev–Trinajstić information content (AvgIpc) is 3.47. The molecule has 49 heavy (non-hydrogen) atoms. The number of aromatic nitrogens is 4. The van der Waals surface area contributed by atoms with Crippen molar-refractivity contribution in [3.8, 4) is 28.8 Å². The van der Waals surface area contributed by atoms with E-state index in [-0.39, 0.29) is 30.0 Å². The number of hydrogen-bond donors (Lipinski definition) is 1. The molecule has 4 aromatic rings. The lowest BCUT2D eigenvalue weighted by Crippen LogP contribution is -2.70. The zero-order chi connectivity index (χ0) is 34.3. The van der Waals surface area contributed by atoms with Crippen LogP contribution in [0.3, 0.4) is 0 Å². The minimum atomic E-state index is -0.510. The van der Waals surface area contributed by atoms with Crippen LogP contribution in [0.25, 0.3) is 16.6 Å². The number of fused-ring (bicyclic) bond motifs is 3. The third kappa shape index (κ3) is 6.66. The van der Waals surface area contributed by atoms with Crippen molar-refractivity contribution in [2.45, 2.75) is 44.9 Å². The molecule has 8 heterocycles. The van der Waals surface area contributed by atoms with E-state index in [0.717, 1.165) is 36.5 Å². The number of amides is 2. The Balaban J connectivity index is 0.968. The Labute approximate surface area is 284 Å². The van der Waals surface area contributed by atoms with Gasteiger partial charge < -0.3 is 24.4 Å². The fourth-order valence-electron chi connectivity index (χ4n) is 6.65. The van der Waals surface area contributed by atoms with Gasteiger partial charge in [-0.15, -0.1) is 0 Å². The summed E-state index contributed by atoms with van der Waals surface area (Å²) in [7, 11) is 1.54. The molecule has 14 nitrogen and oxygen atoms in total. The summed E-state index contributed by atoms with van der Waals surface area (Å²) >= 11 is 0. The van der Waals surface area contributed by atoms with E-state index >= 15 is 0 Å². The molecule has 0 spiro atoms. The predicted molar refractivity (Wildman–Crippen MR) is 180 cm³/mol. The van der Waals surface area contributed by atoms with Crippen molar-refractivity contribution in [3.63, 3.8) is 0 Å². The van der Waals surface area contributed by atoms with E-state index in [9.17, 15) is 14.9 Å². The quantitative estimate of drug-likeness (QED) is 0.278. The van der Waals surface area contributed by atoms with Gasteiger partial charge in [-0.1, -0.05) is 0 Å². The first-order chi connectivity index (χ1) is 23.6. The normalized spacial score (nSPS) is 19.1. The van der Waals surface area contributed by atoms with E-state index in [1.807, 2.05) is 48.8 Å². The van der Waals surface area contributed by atoms with Crippen LogP contribution in [0, 0.1) is 17.2 Å². The van der Waals surface area contributed by atoms with Crippen molar-refractivity contribution in [2.75, 3.05) is 56.7 Å². The van der Waals surface area contributed by atoms with Crippen LogP contribution in [0.1, 0.15) is 32.8 Å². The van der Waals surface area contributed by atoms with Crippen LogP contribution in [0.4, 0.5) is 16.3 Å². The molecule has 8 rings (SSSR count). The number of piperazine rings is 1. The summed E-state index contributed by atoms with van der Waals surface area (Å²) in [5.74, 6) is 1.64. The summed E-state index contributed by atoms with van der Waals surface area (Å²) in [6.07, 6.45) is 7.45. The largest absolute Gasteiger partial charge is 0.491 e. The Morgan fingerprint density at radius 2 is 1.84 bits per heavy atom. The molecule has 0 saturated carbocycles. The van der Waals surface area contributed by atoms with Gasteiger partial charge in [0.15, 0.2) is 0 Å². The van der Waals surface area contributed by atoms with Crippen LogP contribution in [0.15, 0.2) is 55.1 Å². The van der Waals surface area contributed by atoms with Crippen LogP contribution >= 0.6 is 0 Å². The third-order valence-corrected chi connectivity index (χ3v) is 9.10. The van der Waals surface area contributed by atoms with Crippen molar-refractivity contribution in [1.82, 2.24) is 29.4 Å². The number of anilines is 2. The monoisotopic (exact) mass is 665 g/mol. The maximum Gasteiger partial charge on any atom is 0.410 e. The highest BCUT2D eigenvalue weighted by Crippen LogP contribution is 2.35. The topological polar surface area (TPSA) is 150 Å². The predicted octanol–water partition coefficient (Wildman–Crippen LogP) is 3.82. The Morgan fingerprint density at radius 1 is 1.04 bits per heavy atom. The second-order valence-electron chi connectivity index (χ2n) is 13.7. The van der Waals surface area contributed by atoms with Gasteiger partial charge in [0.25, 0.3) is 0 Å². The first kappa shape index (κ1) is 32.1. The van der Waals surface area contributed by atoms with Crippen molar-refractivity contribution in [1.29, 1.82) is 5.26 Å². The molecule has 4 aromatic heterocycles. The molecule has 4 aliphatic heterocycles. The summed E-state index contributed by atoms with van der Waals surface area (Å²) in [6, 6.07) is 11.8. The number of pyridine rings is 3. The molecule has 4 saturated heterocycles. The number of ether oxygens (including phenoxy) is 3. The second kappa shape index (κ2) is 12.9. The third-order valence-electron chi connectivity index (χ3n) is 9.10. The van der Waals surface area contributed by atoms with Gasteiger partial charge in [-0.05, 0) is 51.5 Å². The van der Waals surface area contributed by atoms with Gasteiger partial charge in [0.05, 0.1) is 60.5 Å². The highest BCUT2D eigenvalue weighted by atomic mass is 16.6. The van der Waals surface area contributed by atoms with E-state index in [1.165, 1.54) is 0 Å². The number of rotatable bonds is 9. The maximum absolute atomic E-state index is 12.7. The molecule has 2 unspecified atom stereocenters. The molecule has 14 heteroatoms. The van der Waals surface area contributed by atoms with Gasteiger partial charge in [-0.25, -0.2) is 19.3 Å². The zero-order valence-corrected chi connectivity index (χ0v) is 28.0. The Morgan fingerprint density at radius 3 is 2.49 bits per heavy atom. The second-order valence-corrected chi connectivity index (χ2v) is 13.7. The molecule has 2 amide bonds. The van der Waals surface area contributed by atoms with Crippen molar-refractivity contribution >= 4 is 29.0 Å². The molecule has 0 radical (unpaired) electrons. The molecule has 1 N–H and O–H groups in total. The molecular formula is C35H39N9O5. The van der Waals surface area contributed by atoms with Crippen molar-refractivity contribution in [3.05, 3.63) is 60.7 Å². The van der Waals surface area contributed by atoms with Crippen molar-refractivity contribution < 1.29 is 23.8 Å². The SMILES string of the molecule is COc1ccc(NC(=O)C2CN(c3ccc(-c4cc(OCCN5CC6CC(C5)N6C(=O)OC(C)(C)C)cn5ncc(C#N)c45)cn3)C2)cn1. The smallest absolute Gasteiger partial charge is 0.410 e. The summed E-state index contributed by atoms with van der Waals surface area (Å²) in [4.78, 5) is 40.4. The van der Waals surface area contributed by atoms with Crippen LogP contribution in [0.5, 0.6) is 11.6 Å². The molecule has 254 valence electrons. The highest BCUT2D eigenvalue weighted by molar-refractivity contribution is 5.94. The van der Waals surface area contributed by atoms with E-state index in [1.54, 1.807) is 48.5 Å². The lowest BCUT2D eigenvalue weighted by Gasteiger charge is -2.55. The number of hydrogen-bond acceptors (Lipinski definition) is 11. The Hall–Kier alpha value is -5.42. The molecule has 4 fully saturated rings. The van der Waals surface area contributed by atoms with E-state index < -0.39 is 5.60 Å². The fraction of sp³-hybridized carbons (Fsp3) is 0.429. The number of methoxy groups -OCH3 is 1. The minimum absolute atomic E-state index is 0.0660. The van der Waals surface area contributed by atoms with Gasteiger partial charge in [0.2, 0.25) is 11.8 Å². The average molecular weight is 666 g/mol. The lowest BCUT2D eigenvalue weighted by atomic mass is 9.88. The minimum Gasteiger partial charge on any atom is -0.491 e. The van der Waals surface area contributed by atoms with Crippen molar-refractivity contribution in [2.24, 2.45) is 5.92 Å². The maximum atomic E-state index is 12.7. The van der Waals surface area contributed by atoms with E-state index in [4.69, 9.17) is 19.2 Å². The molecule has 0 aromatic carbocycles. The van der Waals surface area contributed by atoms with Gasteiger partial charge in [0.1, 0.15) is 29.8 Å². The molecule has 2 bridgehead atoms.